The lowest BCUT2D eigenvalue weighted by molar-refractivity contribution is -0.123. The Labute approximate surface area is 104 Å². The molecule has 0 aliphatic rings. The fraction of sp³-hybridized carbons (Fsp3) is 0.0769. The molecule has 1 aromatic heterocycles. The van der Waals surface area contributed by atoms with Crippen LogP contribution in [0, 0.1) is 0 Å². The average molecular weight is 245 g/mol. The number of benzene rings is 1. The van der Waals surface area contributed by atoms with E-state index < -0.39 is 0 Å². The summed E-state index contributed by atoms with van der Waals surface area (Å²) in [5.74, 6) is 0.432. The van der Waals surface area contributed by atoms with E-state index in [0.29, 0.717) is 19.5 Å². The van der Waals surface area contributed by atoms with Crippen molar-refractivity contribution in [3.63, 3.8) is 0 Å². The van der Waals surface area contributed by atoms with E-state index in [2.05, 4.69) is 0 Å². The highest BCUT2D eigenvalue weighted by atomic mass is 16.6. The third-order valence-corrected chi connectivity index (χ3v) is 2.37. The Balaban J connectivity index is 2.20. The Kier molecular flexibility index (Phi) is 3.76. The Bertz CT molecular complexity index is 506. The molecule has 0 atom stereocenters. The largest absolute Gasteiger partial charge is 0.423 e. The normalized spacial score (nSPS) is 9.78. The van der Waals surface area contributed by atoms with E-state index in [0.717, 1.165) is 5.56 Å². The topological polar surface area (TPSA) is 57.5 Å². The van der Waals surface area contributed by atoms with Crippen LogP contribution in [0.2, 0.25) is 0 Å². The van der Waals surface area contributed by atoms with Crippen LogP contribution in [-0.2, 0) is 16.1 Å². The predicted octanol–water partition coefficient (Wildman–Crippen LogP) is 1.61. The second-order valence-corrected chi connectivity index (χ2v) is 3.57. The predicted molar refractivity (Wildman–Crippen MR) is 63.4 cm³/mol. The molecule has 0 N–H and O–H groups in total. The number of aromatic nitrogens is 1. The number of rotatable bonds is 6. The van der Waals surface area contributed by atoms with Gasteiger partial charge in [0.15, 0.2) is 11.5 Å². The third-order valence-electron chi connectivity index (χ3n) is 2.37. The van der Waals surface area contributed by atoms with Crippen LogP contribution in [0.25, 0.3) is 0 Å². The quantitative estimate of drug-likeness (QED) is 0.725. The number of carbonyl (C=O) groups excluding carboxylic acids is 2. The van der Waals surface area contributed by atoms with E-state index in [1.165, 1.54) is 0 Å². The van der Waals surface area contributed by atoms with E-state index in [1.54, 1.807) is 17.0 Å². The van der Waals surface area contributed by atoms with Crippen molar-refractivity contribution >= 4 is 12.9 Å². The van der Waals surface area contributed by atoms with Crippen molar-refractivity contribution < 1.29 is 19.1 Å². The lowest BCUT2D eigenvalue weighted by Gasteiger charge is -2.01. The summed E-state index contributed by atoms with van der Waals surface area (Å²) in [7, 11) is 0. The van der Waals surface area contributed by atoms with E-state index in [4.69, 9.17) is 9.47 Å². The van der Waals surface area contributed by atoms with Gasteiger partial charge in [-0.1, -0.05) is 30.3 Å². The molecule has 92 valence electrons. The van der Waals surface area contributed by atoms with E-state index in [1.807, 2.05) is 30.3 Å². The zero-order valence-electron chi connectivity index (χ0n) is 9.48. The molecule has 0 aliphatic carbocycles. The maximum Gasteiger partial charge on any atom is 0.298 e. The molecule has 2 rings (SSSR count). The molecular formula is C13H11NO4. The average Bonchev–Trinajstić information content (AvgIpc) is 2.74. The van der Waals surface area contributed by atoms with Crippen molar-refractivity contribution in [2.75, 3.05) is 0 Å². The van der Waals surface area contributed by atoms with Crippen LogP contribution in [0.5, 0.6) is 11.5 Å². The smallest absolute Gasteiger partial charge is 0.298 e. The Morgan fingerprint density at radius 1 is 0.944 bits per heavy atom. The maximum absolute atomic E-state index is 10.3. The van der Waals surface area contributed by atoms with Crippen LogP contribution in [0.15, 0.2) is 42.7 Å². The Morgan fingerprint density at radius 2 is 1.50 bits per heavy atom. The lowest BCUT2D eigenvalue weighted by atomic mass is 10.2. The van der Waals surface area contributed by atoms with Crippen LogP contribution in [0.3, 0.4) is 0 Å². The van der Waals surface area contributed by atoms with Crippen LogP contribution in [0.1, 0.15) is 5.56 Å². The van der Waals surface area contributed by atoms with Gasteiger partial charge in [0.05, 0.1) is 12.4 Å². The summed E-state index contributed by atoms with van der Waals surface area (Å²) >= 11 is 0. The van der Waals surface area contributed by atoms with Crippen molar-refractivity contribution in [2.24, 2.45) is 0 Å². The molecular weight excluding hydrogens is 234 g/mol. The van der Waals surface area contributed by atoms with Gasteiger partial charge in [-0.3, -0.25) is 9.59 Å². The van der Waals surface area contributed by atoms with E-state index in [9.17, 15) is 9.59 Å². The standard InChI is InChI=1S/C13H11NO4/c15-9-17-12-7-14(8-13(12)18-10-16)6-11-4-2-1-3-5-11/h1-5,7-10H,6H2. The number of nitrogens with zero attached hydrogens (tertiary/aromatic N) is 1. The molecule has 0 saturated heterocycles. The maximum atomic E-state index is 10.3. The van der Waals surface area contributed by atoms with Crippen LogP contribution >= 0.6 is 0 Å². The summed E-state index contributed by atoms with van der Waals surface area (Å²) in [6.07, 6.45) is 3.19. The Morgan fingerprint density at radius 3 is 2.00 bits per heavy atom. The second kappa shape index (κ2) is 5.67. The molecule has 0 aliphatic heterocycles. The lowest BCUT2D eigenvalue weighted by Crippen LogP contribution is -1.95. The molecule has 2 aromatic rings. The van der Waals surface area contributed by atoms with Crippen molar-refractivity contribution in [1.82, 2.24) is 4.57 Å². The molecule has 0 unspecified atom stereocenters. The summed E-state index contributed by atoms with van der Waals surface area (Å²) in [5, 5.41) is 0. The highest BCUT2D eigenvalue weighted by molar-refractivity contribution is 5.54. The number of hydrogen-bond acceptors (Lipinski definition) is 4. The van der Waals surface area contributed by atoms with Gasteiger partial charge in [-0.25, -0.2) is 0 Å². The molecule has 0 spiro atoms. The summed E-state index contributed by atoms with van der Waals surface area (Å²) < 4.78 is 11.2. The highest BCUT2D eigenvalue weighted by Gasteiger charge is 2.09. The molecule has 0 bridgehead atoms. The van der Waals surface area contributed by atoms with Gasteiger partial charge in [0.25, 0.3) is 12.9 Å². The summed E-state index contributed by atoms with van der Waals surface area (Å²) in [4.78, 5) is 20.6. The monoisotopic (exact) mass is 245 g/mol. The minimum absolute atomic E-state index is 0.216. The van der Waals surface area contributed by atoms with Gasteiger partial charge >= 0.3 is 0 Å². The van der Waals surface area contributed by atoms with Gasteiger partial charge in [0.1, 0.15) is 0 Å². The van der Waals surface area contributed by atoms with Gasteiger partial charge in [-0.15, -0.1) is 0 Å². The highest BCUT2D eigenvalue weighted by Crippen LogP contribution is 2.28. The molecule has 0 saturated carbocycles. The second-order valence-electron chi connectivity index (χ2n) is 3.57. The van der Waals surface area contributed by atoms with E-state index >= 15 is 0 Å². The first kappa shape index (κ1) is 11.9. The molecule has 1 heterocycles. The van der Waals surface area contributed by atoms with Gasteiger partial charge in [-0.05, 0) is 5.56 Å². The first-order valence-electron chi connectivity index (χ1n) is 5.28. The van der Waals surface area contributed by atoms with E-state index in [-0.39, 0.29) is 11.5 Å². The minimum Gasteiger partial charge on any atom is -0.423 e. The molecule has 0 radical (unpaired) electrons. The Hall–Kier alpha value is -2.56. The van der Waals surface area contributed by atoms with Gasteiger partial charge < -0.3 is 14.0 Å². The number of ether oxygens (including phenoxy) is 2. The molecule has 1 aromatic carbocycles. The van der Waals surface area contributed by atoms with Crippen molar-refractivity contribution in [3.05, 3.63) is 48.3 Å². The molecule has 18 heavy (non-hydrogen) atoms. The SMILES string of the molecule is O=COc1cn(Cc2ccccc2)cc1OC=O. The van der Waals surface area contributed by atoms with Crippen LogP contribution < -0.4 is 9.47 Å². The van der Waals surface area contributed by atoms with Gasteiger partial charge in [0, 0.05) is 6.54 Å². The molecule has 0 fully saturated rings. The van der Waals surface area contributed by atoms with Crippen LogP contribution in [-0.4, -0.2) is 17.5 Å². The summed E-state index contributed by atoms with van der Waals surface area (Å²) in [6.45, 7) is 1.18. The third kappa shape index (κ3) is 2.76. The summed E-state index contributed by atoms with van der Waals surface area (Å²) in [6, 6.07) is 9.75. The first-order chi connectivity index (χ1) is 8.83. The fourth-order valence-electron chi connectivity index (χ4n) is 1.63. The zero-order valence-corrected chi connectivity index (χ0v) is 9.48. The molecule has 5 heteroatoms. The summed E-state index contributed by atoms with van der Waals surface area (Å²) in [5.41, 5.74) is 1.09. The zero-order chi connectivity index (χ0) is 12.8. The first-order valence-corrected chi connectivity index (χ1v) is 5.28. The van der Waals surface area contributed by atoms with Crippen molar-refractivity contribution in [2.45, 2.75) is 6.54 Å². The number of carbonyl (C=O) groups is 2. The van der Waals surface area contributed by atoms with Crippen molar-refractivity contribution in [1.29, 1.82) is 0 Å². The molecule has 5 nitrogen and oxygen atoms in total. The number of hydrogen-bond donors (Lipinski definition) is 0. The van der Waals surface area contributed by atoms with Crippen LogP contribution in [0.4, 0.5) is 0 Å². The minimum atomic E-state index is 0.216. The van der Waals surface area contributed by atoms with Gasteiger partial charge in [-0.2, -0.15) is 0 Å². The fourth-order valence-corrected chi connectivity index (χ4v) is 1.63. The van der Waals surface area contributed by atoms with Gasteiger partial charge in [0.2, 0.25) is 0 Å². The molecule has 0 amide bonds. The van der Waals surface area contributed by atoms with Crippen molar-refractivity contribution in [3.8, 4) is 11.5 Å².